The molecule has 2 aromatic carbocycles. The van der Waals surface area contributed by atoms with Crippen molar-refractivity contribution in [1.82, 2.24) is 0 Å². The van der Waals surface area contributed by atoms with E-state index < -0.39 is 8.03 Å². The van der Waals surface area contributed by atoms with Crippen molar-refractivity contribution in [2.45, 2.75) is 6.16 Å². The maximum Gasteiger partial charge on any atom is 0.240 e. The third-order valence-corrected chi connectivity index (χ3v) is 3.33. The minimum absolute atomic E-state index is 0.487. The first-order chi connectivity index (χ1) is 7.84. The van der Waals surface area contributed by atoms with Crippen molar-refractivity contribution in [1.29, 1.82) is 0 Å². The first kappa shape index (κ1) is 11.0. The van der Waals surface area contributed by atoms with Gasteiger partial charge in [-0.15, -0.1) is 0 Å². The molecule has 82 valence electrons. The number of hydrogen-bond donors (Lipinski definition) is 0. The molecule has 2 aromatic rings. The highest BCUT2D eigenvalue weighted by molar-refractivity contribution is 7.38. The largest absolute Gasteiger partial charge is 0.444 e. The molecule has 3 heteroatoms. The summed E-state index contributed by atoms with van der Waals surface area (Å²) in [5.41, 5.74) is 1.04. The fraction of sp³-hybridized carbons (Fsp3) is 0.0769. The smallest absolute Gasteiger partial charge is 0.240 e. The maximum atomic E-state index is 11.7. The van der Waals surface area contributed by atoms with E-state index in [0.29, 0.717) is 11.9 Å². The highest BCUT2D eigenvalue weighted by Gasteiger charge is 2.02. The zero-order valence-corrected chi connectivity index (χ0v) is 9.80. The molecule has 0 aliphatic heterocycles. The van der Waals surface area contributed by atoms with Crippen LogP contribution in [-0.4, -0.2) is 0 Å². The number of benzene rings is 2. The van der Waals surface area contributed by atoms with E-state index in [0.717, 1.165) is 5.56 Å². The summed E-state index contributed by atoms with van der Waals surface area (Å²) in [5, 5.41) is 0. The Balaban J connectivity index is 1.95. The van der Waals surface area contributed by atoms with Gasteiger partial charge in [-0.05, 0) is 17.7 Å². The molecule has 0 fully saturated rings. The number of hydrogen-bond acceptors (Lipinski definition) is 2. The van der Waals surface area contributed by atoms with Crippen molar-refractivity contribution in [3.05, 3.63) is 66.2 Å². The van der Waals surface area contributed by atoms with Gasteiger partial charge in [-0.3, -0.25) is 4.57 Å². The zero-order chi connectivity index (χ0) is 11.2. The lowest BCUT2D eigenvalue weighted by Crippen LogP contribution is -1.85. The average Bonchev–Trinajstić information content (AvgIpc) is 2.31. The summed E-state index contributed by atoms with van der Waals surface area (Å²) in [6.07, 6.45) is 0.487. The topological polar surface area (TPSA) is 26.3 Å². The molecular formula is C13H13O2P. The highest BCUT2D eigenvalue weighted by Crippen LogP contribution is 2.30. The first-order valence-electron chi connectivity index (χ1n) is 5.14. The molecule has 0 aliphatic rings. The van der Waals surface area contributed by atoms with Crippen molar-refractivity contribution in [3.8, 4) is 5.75 Å². The molecule has 0 heterocycles. The zero-order valence-electron chi connectivity index (χ0n) is 8.80. The van der Waals surface area contributed by atoms with Crippen LogP contribution >= 0.6 is 8.03 Å². The third-order valence-electron chi connectivity index (χ3n) is 2.17. The summed E-state index contributed by atoms with van der Waals surface area (Å²) in [6, 6.07) is 19.0. The molecule has 0 aliphatic carbocycles. The summed E-state index contributed by atoms with van der Waals surface area (Å²) >= 11 is 0. The minimum Gasteiger partial charge on any atom is -0.444 e. The Morgan fingerprint density at radius 1 is 0.875 bits per heavy atom. The Morgan fingerprint density at radius 3 is 2.06 bits per heavy atom. The van der Waals surface area contributed by atoms with Crippen molar-refractivity contribution in [3.63, 3.8) is 0 Å². The van der Waals surface area contributed by atoms with E-state index in [1.165, 1.54) is 0 Å². The highest BCUT2D eigenvalue weighted by atomic mass is 31.1. The summed E-state index contributed by atoms with van der Waals surface area (Å²) < 4.78 is 17.1. The Labute approximate surface area is 95.8 Å². The van der Waals surface area contributed by atoms with Gasteiger partial charge in [-0.25, -0.2) is 0 Å². The predicted molar refractivity (Wildman–Crippen MR) is 66.2 cm³/mol. The molecule has 0 saturated heterocycles. The molecular weight excluding hydrogens is 219 g/mol. The van der Waals surface area contributed by atoms with E-state index in [2.05, 4.69) is 0 Å². The van der Waals surface area contributed by atoms with Gasteiger partial charge < -0.3 is 4.52 Å². The molecule has 0 N–H and O–H groups in total. The predicted octanol–water partition coefficient (Wildman–Crippen LogP) is 3.74. The molecule has 0 spiro atoms. The van der Waals surface area contributed by atoms with Crippen molar-refractivity contribution < 1.29 is 9.09 Å². The lowest BCUT2D eigenvalue weighted by molar-refractivity contribution is 0.504. The molecule has 1 unspecified atom stereocenters. The van der Waals surface area contributed by atoms with Gasteiger partial charge in [0, 0.05) is 0 Å². The second kappa shape index (κ2) is 5.53. The van der Waals surface area contributed by atoms with Gasteiger partial charge in [0.05, 0.1) is 6.16 Å². The second-order valence-corrected chi connectivity index (χ2v) is 4.75. The van der Waals surface area contributed by atoms with Crippen molar-refractivity contribution in [2.24, 2.45) is 0 Å². The van der Waals surface area contributed by atoms with Crippen LogP contribution in [0, 0.1) is 0 Å². The fourth-order valence-electron chi connectivity index (χ4n) is 1.42. The van der Waals surface area contributed by atoms with Gasteiger partial charge in [-0.2, -0.15) is 0 Å². The maximum absolute atomic E-state index is 11.7. The summed E-state index contributed by atoms with van der Waals surface area (Å²) in [7, 11) is -2.04. The van der Waals surface area contributed by atoms with Crippen LogP contribution < -0.4 is 4.52 Å². The van der Waals surface area contributed by atoms with Crippen LogP contribution in [0.5, 0.6) is 5.75 Å². The van der Waals surface area contributed by atoms with Crippen molar-refractivity contribution >= 4 is 8.03 Å². The minimum atomic E-state index is -2.04. The fourth-order valence-corrected chi connectivity index (χ4v) is 2.46. The van der Waals surface area contributed by atoms with Crippen LogP contribution in [0.1, 0.15) is 5.56 Å². The van der Waals surface area contributed by atoms with Crippen LogP contribution in [0.4, 0.5) is 0 Å². The quantitative estimate of drug-likeness (QED) is 0.750. The van der Waals surface area contributed by atoms with E-state index >= 15 is 0 Å². The molecule has 0 amide bonds. The van der Waals surface area contributed by atoms with E-state index in [1.807, 2.05) is 60.7 Å². The molecule has 1 atom stereocenters. The monoisotopic (exact) mass is 232 g/mol. The standard InChI is InChI=1S/C13H13O2P/c14-16(11-12-7-3-1-4-8-12)15-13-9-5-2-6-10-13/h1-10,16H,11H2. The molecule has 0 bridgehead atoms. The van der Waals surface area contributed by atoms with E-state index in [4.69, 9.17) is 4.52 Å². The Kier molecular flexibility index (Phi) is 3.79. The van der Waals surface area contributed by atoms with Crippen LogP contribution in [0.25, 0.3) is 0 Å². The number of rotatable bonds is 4. The second-order valence-electron chi connectivity index (χ2n) is 3.45. The van der Waals surface area contributed by atoms with Crippen LogP contribution in [0.15, 0.2) is 60.7 Å². The van der Waals surface area contributed by atoms with E-state index in [1.54, 1.807) is 0 Å². The molecule has 16 heavy (non-hydrogen) atoms. The van der Waals surface area contributed by atoms with Gasteiger partial charge in [0.15, 0.2) is 0 Å². The third kappa shape index (κ3) is 3.25. The van der Waals surface area contributed by atoms with Crippen LogP contribution in [0.3, 0.4) is 0 Å². The molecule has 2 nitrogen and oxygen atoms in total. The summed E-state index contributed by atoms with van der Waals surface area (Å²) in [5.74, 6) is 0.669. The van der Waals surface area contributed by atoms with Gasteiger partial charge in [0.25, 0.3) is 0 Å². The average molecular weight is 232 g/mol. The SMILES string of the molecule is O=[PH](Cc1ccccc1)Oc1ccccc1. The molecule has 0 saturated carbocycles. The van der Waals surface area contributed by atoms with Crippen molar-refractivity contribution in [2.75, 3.05) is 0 Å². The Bertz CT molecular complexity index is 410. The van der Waals surface area contributed by atoms with Crippen LogP contribution in [-0.2, 0) is 10.7 Å². The van der Waals surface area contributed by atoms with E-state index in [9.17, 15) is 4.57 Å². The molecule has 0 radical (unpaired) electrons. The van der Waals surface area contributed by atoms with Gasteiger partial charge in [-0.1, -0.05) is 48.5 Å². The molecule has 0 aromatic heterocycles. The van der Waals surface area contributed by atoms with E-state index in [-0.39, 0.29) is 0 Å². The Hall–Kier alpha value is -1.53. The van der Waals surface area contributed by atoms with Crippen LogP contribution in [0.2, 0.25) is 0 Å². The first-order valence-corrected chi connectivity index (χ1v) is 6.66. The normalized spacial score (nSPS) is 12.0. The summed E-state index contributed by atoms with van der Waals surface area (Å²) in [4.78, 5) is 0. The van der Waals surface area contributed by atoms with Gasteiger partial charge in [0.2, 0.25) is 8.03 Å². The lowest BCUT2D eigenvalue weighted by atomic mass is 10.2. The number of para-hydroxylation sites is 1. The summed E-state index contributed by atoms with van der Waals surface area (Å²) in [6.45, 7) is 0. The molecule has 2 rings (SSSR count). The Morgan fingerprint density at radius 2 is 1.44 bits per heavy atom. The van der Waals surface area contributed by atoms with Gasteiger partial charge in [0.1, 0.15) is 5.75 Å². The van der Waals surface area contributed by atoms with Gasteiger partial charge >= 0.3 is 0 Å². The lowest BCUT2D eigenvalue weighted by Gasteiger charge is -2.05.